The highest BCUT2D eigenvalue weighted by atomic mass is 32.1. The lowest BCUT2D eigenvalue weighted by molar-refractivity contribution is 1.08. The molecule has 2 heterocycles. The maximum Gasteiger partial charge on any atom is 0.222 e. The van der Waals surface area contributed by atoms with Gasteiger partial charge in [-0.05, 0) is 28.5 Å². The minimum atomic E-state index is -0.183. The predicted octanol–water partition coefficient (Wildman–Crippen LogP) is 3.36. The average Bonchev–Trinajstić information content (AvgIpc) is 2.60. The number of pyridine rings is 1. The summed E-state index contributed by atoms with van der Waals surface area (Å²) >= 11 is 4.80. The van der Waals surface area contributed by atoms with Gasteiger partial charge in [-0.1, -0.05) is 42.5 Å². The van der Waals surface area contributed by atoms with Gasteiger partial charge in [-0.25, -0.2) is 9.97 Å². The van der Waals surface area contributed by atoms with Crippen molar-refractivity contribution in [1.29, 1.82) is 0 Å². The van der Waals surface area contributed by atoms with E-state index in [4.69, 9.17) is 24.1 Å². The molecule has 1 atom stereocenters. The Kier molecular flexibility index (Phi) is 3.46. The third kappa shape index (κ3) is 2.41. The molecule has 5 nitrogen and oxygen atoms in total. The molecule has 4 N–H and O–H groups in total. The molecule has 4 rings (SSSR count). The molecule has 6 heteroatoms. The molecule has 24 heavy (non-hydrogen) atoms. The van der Waals surface area contributed by atoms with E-state index in [0.29, 0.717) is 11.0 Å². The highest BCUT2D eigenvalue weighted by molar-refractivity contribution is 7.80. The van der Waals surface area contributed by atoms with Gasteiger partial charge < -0.3 is 11.5 Å². The first-order valence-corrected chi connectivity index (χ1v) is 8.00. The highest BCUT2D eigenvalue weighted by Crippen LogP contribution is 2.33. The number of nitrogen functional groups attached to an aromatic ring is 2. The molecule has 0 amide bonds. The van der Waals surface area contributed by atoms with Gasteiger partial charge in [0, 0.05) is 0 Å². The van der Waals surface area contributed by atoms with Crippen LogP contribution in [0.5, 0.6) is 0 Å². The Hall–Kier alpha value is -2.86. The second-order valence-electron chi connectivity index (χ2n) is 5.54. The van der Waals surface area contributed by atoms with E-state index in [0.717, 1.165) is 16.6 Å². The summed E-state index contributed by atoms with van der Waals surface area (Å²) < 4.78 is 0. The van der Waals surface area contributed by atoms with E-state index in [-0.39, 0.29) is 17.0 Å². The van der Waals surface area contributed by atoms with Crippen molar-refractivity contribution in [2.75, 3.05) is 11.5 Å². The molecule has 0 bridgehead atoms. The molecule has 0 aliphatic heterocycles. The summed E-state index contributed by atoms with van der Waals surface area (Å²) in [5.41, 5.74) is 14.6. The lowest BCUT2D eigenvalue weighted by Crippen LogP contribution is -2.04. The third-order valence-electron chi connectivity index (χ3n) is 4.01. The van der Waals surface area contributed by atoms with Gasteiger partial charge in [0.05, 0.1) is 16.5 Å². The van der Waals surface area contributed by atoms with Gasteiger partial charge in [0.15, 0.2) is 5.82 Å². The van der Waals surface area contributed by atoms with Gasteiger partial charge in [0.1, 0.15) is 5.52 Å². The van der Waals surface area contributed by atoms with Crippen molar-refractivity contribution in [2.24, 2.45) is 0 Å². The van der Waals surface area contributed by atoms with Gasteiger partial charge in [-0.3, -0.25) is 0 Å². The van der Waals surface area contributed by atoms with Crippen LogP contribution in [0.25, 0.3) is 21.8 Å². The number of aromatic nitrogens is 3. The van der Waals surface area contributed by atoms with Crippen LogP contribution >= 0.6 is 12.6 Å². The summed E-state index contributed by atoms with van der Waals surface area (Å²) in [7, 11) is 0. The van der Waals surface area contributed by atoms with E-state index >= 15 is 0 Å². The Labute approximate surface area is 144 Å². The van der Waals surface area contributed by atoms with Crippen LogP contribution in [0.3, 0.4) is 0 Å². The van der Waals surface area contributed by atoms with Crippen molar-refractivity contribution < 1.29 is 0 Å². The summed E-state index contributed by atoms with van der Waals surface area (Å²) in [5, 5.41) is 2.14. The molecule has 0 saturated carbocycles. The Morgan fingerprint density at radius 3 is 2.50 bits per heavy atom. The maximum absolute atomic E-state index is 5.94. The lowest BCUT2D eigenvalue weighted by Gasteiger charge is -2.14. The van der Waals surface area contributed by atoms with E-state index in [2.05, 4.69) is 39.2 Å². The number of hydrogen-bond donors (Lipinski definition) is 3. The minimum Gasteiger partial charge on any atom is -0.382 e. The Morgan fingerprint density at radius 2 is 1.62 bits per heavy atom. The van der Waals surface area contributed by atoms with Crippen molar-refractivity contribution in [2.45, 2.75) is 5.25 Å². The molecule has 0 radical (unpaired) electrons. The van der Waals surface area contributed by atoms with E-state index in [1.165, 1.54) is 5.39 Å². The van der Waals surface area contributed by atoms with Gasteiger partial charge >= 0.3 is 0 Å². The first-order valence-electron chi connectivity index (χ1n) is 7.49. The molecule has 2 aromatic heterocycles. The molecule has 0 aliphatic carbocycles. The first kappa shape index (κ1) is 14.7. The fourth-order valence-corrected chi connectivity index (χ4v) is 3.24. The van der Waals surface area contributed by atoms with Gasteiger partial charge in [-0.15, -0.1) is 0 Å². The predicted molar refractivity (Wildman–Crippen MR) is 101 cm³/mol. The Balaban J connectivity index is 1.87. The van der Waals surface area contributed by atoms with Gasteiger partial charge in [-0.2, -0.15) is 17.6 Å². The molecular weight excluding hydrogens is 318 g/mol. The lowest BCUT2D eigenvalue weighted by atomic mass is 10.00. The largest absolute Gasteiger partial charge is 0.382 e. The summed E-state index contributed by atoms with van der Waals surface area (Å²) in [6.45, 7) is 0. The van der Waals surface area contributed by atoms with E-state index in [9.17, 15) is 0 Å². The topological polar surface area (TPSA) is 90.7 Å². The summed E-state index contributed by atoms with van der Waals surface area (Å²) in [6.07, 6.45) is 0. The molecule has 0 aliphatic rings. The second kappa shape index (κ2) is 5.65. The fourth-order valence-electron chi connectivity index (χ4n) is 2.87. The number of nitrogens with two attached hydrogens (primary N) is 2. The number of thiol groups is 1. The van der Waals surface area contributed by atoms with Crippen LogP contribution in [-0.2, 0) is 0 Å². The van der Waals surface area contributed by atoms with Crippen LogP contribution in [0.1, 0.15) is 16.5 Å². The maximum atomic E-state index is 5.94. The van der Waals surface area contributed by atoms with Crippen molar-refractivity contribution >= 4 is 46.2 Å². The zero-order valence-corrected chi connectivity index (χ0v) is 13.6. The van der Waals surface area contributed by atoms with Crippen molar-refractivity contribution in [3.63, 3.8) is 0 Å². The van der Waals surface area contributed by atoms with Crippen molar-refractivity contribution in [3.8, 4) is 0 Å². The zero-order valence-electron chi connectivity index (χ0n) is 12.7. The standard InChI is InChI=1S/C18H15N5S/c19-17-15-13(22-18(20)23-17)8-9-14(21-15)16(24)12-7-3-5-10-4-1-2-6-11(10)12/h1-9,16,24H,(H4,19,20,22,23). The number of benzene rings is 2. The molecule has 2 aromatic carbocycles. The number of anilines is 2. The smallest absolute Gasteiger partial charge is 0.222 e. The van der Waals surface area contributed by atoms with E-state index in [1.807, 2.05) is 30.3 Å². The van der Waals surface area contributed by atoms with E-state index < -0.39 is 0 Å². The van der Waals surface area contributed by atoms with Crippen LogP contribution in [0, 0.1) is 0 Å². The van der Waals surface area contributed by atoms with Crippen LogP contribution in [0.4, 0.5) is 11.8 Å². The van der Waals surface area contributed by atoms with Crippen LogP contribution in [0.2, 0.25) is 0 Å². The van der Waals surface area contributed by atoms with Crippen LogP contribution in [-0.4, -0.2) is 15.0 Å². The van der Waals surface area contributed by atoms with Gasteiger partial charge in [0.25, 0.3) is 0 Å². The molecule has 1 unspecified atom stereocenters. The molecule has 0 saturated heterocycles. The van der Waals surface area contributed by atoms with E-state index in [1.54, 1.807) is 0 Å². The van der Waals surface area contributed by atoms with Crippen LogP contribution < -0.4 is 11.5 Å². The quantitative estimate of drug-likeness (QED) is 0.489. The second-order valence-corrected chi connectivity index (χ2v) is 6.06. The molecule has 4 aromatic rings. The third-order valence-corrected chi connectivity index (χ3v) is 4.55. The average molecular weight is 333 g/mol. The van der Waals surface area contributed by atoms with Crippen molar-refractivity contribution in [3.05, 3.63) is 65.9 Å². The number of rotatable bonds is 2. The first-order chi connectivity index (χ1) is 11.6. The summed E-state index contributed by atoms with van der Waals surface area (Å²) in [4.78, 5) is 12.8. The Bertz CT molecular complexity index is 1060. The normalized spacial score (nSPS) is 12.5. The van der Waals surface area contributed by atoms with Crippen molar-refractivity contribution in [1.82, 2.24) is 15.0 Å². The number of hydrogen-bond acceptors (Lipinski definition) is 6. The zero-order chi connectivity index (χ0) is 16.7. The summed E-state index contributed by atoms with van der Waals surface area (Å²) in [6, 6.07) is 18.1. The van der Waals surface area contributed by atoms with Crippen LogP contribution in [0.15, 0.2) is 54.6 Å². The number of nitrogens with zero attached hydrogens (tertiary/aromatic N) is 3. The monoisotopic (exact) mass is 333 g/mol. The number of fused-ring (bicyclic) bond motifs is 2. The SMILES string of the molecule is Nc1nc(N)c2nc(C(S)c3cccc4ccccc34)ccc2n1. The minimum absolute atomic E-state index is 0.144. The summed E-state index contributed by atoms with van der Waals surface area (Å²) in [5.74, 6) is 0.420. The highest BCUT2D eigenvalue weighted by Gasteiger charge is 2.15. The molecule has 0 spiro atoms. The molecule has 118 valence electrons. The fraction of sp³-hybridized carbons (Fsp3) is 0.0556. The Morgan fingerprint density at radius 1 is 0.833 bits per heavy atom. The van der Waals surface area contributed by atoms with Gasteiger partial charge in [0.2, 0.25) is 5.95 Å². The molecular formula is C18H15N5S. The molecule has 0 fully saturated rings.